The van der Waals surface area contributed by atoms with Crippen molar-refractivity contribution in [3.63, 3.8) is 0 Å². The second kappa shape index (κ2) is 12.5. The van der Waals surface area contributed by atoms with Crippen molar-refractivity contribution in [2.24, 2.45) is 0 Å². The Labute approximate surface area is 329 Å². The van der Waals surface area contributed by atoms with Crippen LogP contribution in [0.25, 0.3) is 105 Å². The van der Waals surface area contributed by atoms with Gasteiger partial charge in [-0.2, -0.15) is 0 Å². The lowest BCUT2D eigenvalue weighted by Gasteiger charge is -2.11. The summed E-state index contributed by atoms with van der Waals surface area (Å²) in [5.74, 6) is 0. The van der Waals surface area contributed by atoms with Crippen molar-refractivity contribution in [1.82, 2.24) is 13.7 Å². The summed E-state index contributed by atoms with van der Waals surface area (Å²) in [6.07, 6.45) is 0. The van der Waals surface area contributed by atoms with Crippen LogP contribution in [0.3, 0.4) is 0 Å². The van der Waals surface area contributed by atoms with Gasteiger partial charge in [-0.25, -0.2) is 0 Å². The molecule has 266 valence electrons. The van der Waals surface area contributed by atoms with E-state index in [2.05, 4.69) is 226 Å². The number of rotatable bonds is 5. The van der Waals surface area contributed by atoms with Gasteiger partial charge in [0, 0.05) is 49.4 Å². The fourth-order valence-electron chi connectivity index (χ4n) is 9.26. The quantitative estimate of drug-likeness (QED) is 0.168. The Morgan fingerprint density at radius 1 is 0.193 bits per heavy atom. The molecule has 0 radical (unpaired) electrons. The Morgan fingerprint density at radius 3 is 1.16 bits per heavy atom. The molecule has 0 amide bonds. The molecule has 0 atom stereocenters. The molecule has 0 aliphatic carbocycles. The molecule has 3 heterocycles. The lowest BCUT2D eigenvalue weighted by Crippen LogP contribution is -1.95. The van der Waals surface area contributed by atoms with Crippen molar-refractivity contribution >= 4 is 65.4 Å². The van der Waals surface area contributed by atoms with Crippen LogP contribution in [0.5, 0.6) is 0 Å². The molecule has 3 heteroatoms. The predicted molar refractivity (Wildman–Crippen MR) is 240 cm³/mol. The van der Waals surface area contributed by atoms with Crippen LogP contribution in [-0.2, 0) is 0 Å². The highest BCUT2D eigenvalue weighted by atomic mass is 15.0. The molecule has 12 aromatic rings. The molecule has 12 rings (SSSR count). The van der Waals surface area contributed by atoms with E-state index in [9.17, 15) is 0 Å². The van der Waals surface area contributed by atoms with E-state index in [-0.39, 0.29) is 0 Å². The zero-order valence-corrected chi connectivity index (χ0v) is 31.0. The van der Waals surface area contributed by atoms with Gasteiger partial charge in [-0.1, -0.05) is 127 Å². The lowest BCUT2D eigenvalue weighted by molar-refractivity contribution is 1.16. The van der Waals surface area contributed by atoms with Crippen LogP contribution in [-0.4, -0.2) is 13.7 Å². The van der Waals surface area contributed by atoms with E-state index in [0.29, 0.717) is 0 Å². The van der Waals surface area contributed by atoms with Crippen LogP contribution in [0.4, 0.5) is 0 Å². The first-order valence-corrected chi connectivity index (χ1v) is 19.6. The molecule has 0 fully saturated rings. The average Bonchev–Trinajstić information content (AvgIpc) is 3.91. The molecule has 0 bridgehead atoms. The Kier molecular flexibility index (Phi) is 6.93. The number of aromatic nitrogens is 3. The second-order valence-corrected chi connectivity index (χ2v) is 15.0. The van der Waals surface area contributed by atoms with E-state index >= 15 is 0 Å². The van der Waals surface area contributed by atoms with E-state index in [4.69, 9.17) is 0 Å². The summed E-state index contributed by atoms with van der Waals surface area (Å²) in [7, 11) is 0. The van der Waals surface area contributed by atoms with Gasteiger partial charge >= 0.3 is 0 Å². The Bertz CT molecular complexity index is 3500. The summed E-state index contributed by atoms with van der Waals surface area (Å²) in [6, 6.07) is 77.4. The molecule has 3 aromatic heterocycles. The minimum absolute atomic E-state index is 1.15. The summed E-state index contributed by atoms with van der Waals surface area (Å²) in [6.45, 7) is 0. The molecular formula is C54H35N3. The van der Waals surface area contributed by atoms with E-state index in [1.807, 2.05) is 0 Å². The fourth-order valence-corrected chi connectivity index (χ4v) is 9.26. The fraction of sp³-hybridized carbons (Fsp3) is 0. The highest BCUT2D eigenvalue weighted by Gasteiger charge is 2.19. The number of hydrogen-bond acceptors (Lipinski definition) is 0. The maximum atomic E-state index is 2.45. The van der Waals surface area contributed by atoms with Crippen molar-refractivity contribution in [2.75, 3.05) is 0 Å². The van der Waals surface area contributed by atoms with Gasteiger partial charge in [0.15, 0.2) is 0 Å². The minimum atomic E-state index is 1.15. The lowest BCUT2D eigenvalue weighted by atomic mass is 9.97. The highest BCUT2D eigenvalue weighted by molar-refractivity contribution is 6.19. The van der Waals surface area contributed by atoms with Gasteiger partial charge in [0.25, 0.3) is 0 Å². The van der Waals surface area contributed by atoms with Crippen molar-refractivity contribution in [3.8, 4) is 39.3 Å². The smallest absolute Gasteiger partial charge is 0.0562 e. The molecule has 0 spiro atoms. The third kappa shape index (κ3) is 4.86. The van der Waals surface area contributed by atoms with E-state index in [0.717, 1.165) is 11.4 Å². The first-order chi connectivity index (χ1) is 28.3. The van der Waals surface area contributed by atoms with Crippen LogP contribution in [0.1, 0.15) is 0 Å². The zero-order chi connectivity index (χ0) is 37.5. The number of para-hydroxylation sites is 5. The van der Waals surface area contributed by atoms with Gasteiger partial charge in [-0.05, 0) is 107 Å². The third-order valence-corrected chi connectivity index (χ3v) is 11.8. The summed E-state index contributed by atoms with van der Waals surface area (Å²) in [5.41, 5.74) is 15.5. The van der Waals surface area contributed by atoms with Gasteiger partial charge in [0.05, 0.1) is 33.1 Å². The van der Waals surface area contributed by atoms with Crippen LogP contribution < -0.4 is 0 Å². The molecule has 0 saturated carbocycles. The maximum Gasteiger partial charge on any atom is 0.0562 e. The minimum Gasteiger partial charge on any atom is -0.309 e. The van der Waals surface area contributed by atoms with E-state index in [1.54, 1.807) is 0 Å². The van der Waals surface area contributed by atoms with Crippen LogP contribution >= 0.6 is 0 Å². The summed E-state index contributed by atoms with van der Waals surface area (Å²) >= 11 is 0. The molecule has 0 unspecified atom stereocenters. The van der Waals surface area contributed by atoms with Crippen molar-refractivity contribution < 1.29 is 0 Å². The molecule has 3 nitrogen and oxygen atoms in total. The molecule has 9 aromatic carbocycles. The van der Waals surface area contributed by atoms with E-state index in [1.165, 1.54) is 93.4 Å². The molecule has 57 heavy (non-hydrogen) atoms. The number of fused-ring (bicyclic) bond motifs is 9. The first-order valence-electron chi connectivity index (χ1n) is 19.6. The summed E-state index contributed by atoms with van der Waals surface area (Å²) in [5, 5.41) is 7.53. The topological polar surface area (TPSA) is 14.8 Å². The van der Waals surface area contributed by atoms with Crippen molar-refractivity contribution in [1.29, 1.82) is 0 Å². The number of benzene rings is 9. The predicted octanol–water partition coefficient (Wildman–Crippen LogP) is 14.3. The molecule has 0 N–H and O–H groups in total. The van der Waals surface area contributed by atoms with Gasteiger partial charge in [-0.15, -0.1) is 0 Å². The molecular weight excluding hydrogens is 691 g/mol. The largest absolute Gasteiger partial charge is 0.309 e. The van der Waals surface area contributed by atoms with Gasteiger partial charge < -0.3 is 13.7 Å². The maximum absolute atomic E-state index is 2.45. The molecule has 0 aliphatic heterocycles. The monoisotopic (exact) mass is 725 g/mol. The standard InChI is InChI=1S/C54H35N3/c1-4-17-40(18-5-1)55-49-25-12-10-23-43(49)46-32-38(28-30-51(46)55)36-15-14-16-37(31-36)39-27-29-45-48-34-47-44-24-11-13-26-50(44)56(41-19-6-2-7-20-41)53(47)35-54(48)57(52(45)33-39)42-21-8-3-9-22-42/h1-35H. The molecule has 0 aliphatic rings. The van der Waals surface area contributed by atoms with Gasteiger partial charge in [0.1, 0.15) is 0 Å². The Morgan fingerprint density at radius 2 is 0.579 bits per heavy atom. The highest BCUT2D eigenvalue weighted by Crippen LogP contribution is 2.41. The Hall–Kier alpha value is -7.62. The normalized spacial score (nSPS) is 11.9. The third-order valence-electron chi connectivity index (χ3n) is 11.8. The van der Waals surface area contributed by atoms with Gasteiger partial charge in [0.2, 0.25) is 0 Å². The van der Waals surface area contributed by atoms with Crippen molar-refractivity contribution in [3.05, 3.63) is 212 Å². The van der Waals surface area contributed by atoms with Crippen molar-refractivity contribution in [2.45, 2.75) is 0 Å². The summed E-state index contributed by atoms with van der Waals surface area (Å²) in [4.78, 5) is 0. The van der Waals surface area contributed by atoms with E-state index < -0.39 is 0 Å². The first kappa shape index (κ1) is 31.7. The zero-order valence-electron chi connectivity index (χ0n) is 31.0. The van der Waals surface area contributed by atoms with Crippen LogP contribution in [0.2, 0.25) is 0 Å². The van der Waals surface area contributed by atoms with Gasteiger partial charge in [-0.3, -0.25) is 0 Å². The second-order valence-electron chi connectivity index (χ2n) is 15.0. The molecule has 0 saturated heterocycles. The number of hydrogen-bond donors (Lipinski definition) is 0. The van der Waals surface area contributed by atoms with Crippen LogP contribution in [0.15, 0.2) is 212 Å². The summed E-state index contributed by atoms with van der Waals surface area (Å²) < 4.78 is 7.23. The SMILES string of the molecule is c1ccc(-n2c3ccccc3c3cc(-c4cccc(-c5ccc6c7cc8c9ccccc9n(-c9ccccc9)c8cc7n(-c7ccccc7)c6c5)c4)ccc32)cc1. The average molecular weight is 726 g/mol. The number of nitrogens with zero attached hydrogens (tertiary/aromatic N) is 3. The Balaban J connectivity index is 1.04. The van der Waals surface area contributed by atoms with Crippen LogP contribution in [0, 0.1) is 0 Å².